The van der Waals surface area contributed by atoms with Crippen molar-refractivity contribution in [3.8, 4) is 0 Å². The minimum Gasteiger partial charge on any atom is -0.369 e. The SMILES string of the molecule is Cc1cccn2c(CNC3CCN(c4ccccc4F)CC3)c(C(=O)N3CCCCC3)nc12. The van der Waals surface area contributed by atoms with Gasteiger partial charge in [0.2, 0.25) is 0 Å². The Balaban J connectivity index is 1.31. The average molecular weight is 450 g/mol. The number of rotatable bonds is 5. The molecule has 0 radical (unpaired) electrons. The number of imidazole rings is 1. The van der Waals surface area contributed by atoms with Crippen molar-refractivity contribution in [3.63, 3.8) is 0 Å². The minimum absolute atomic E-state index is 0.0453. The van der Waals surface area contributed by atoms with Crippen molar-refractivity contribution in [1.82, 2.24) is 19.6 Å². The maximum Gasteiger partial charge on any atom is 0.274 e. The lowest BCUT2D eigenvalue weighted by Crippen LogP contribution is -2.43. The van der Waals surface area contributed by atoms with Crippen LogP contribution in [0.3, 0.4) is 0 Å². The number of aryl methyl sites for hydroxylation is 1. The Hall–Kier alpha value is -2.93. The predicted octanol–water partition coefficient (Wildman–Crippen LogP) is 4.17. The highest BCUT2D eigenvalue weighted by Crippen LogP contribution is 2.24. The largest absolute Gasteiger partial charge is 0.369 e. The number of fused-ring (bicyclic) bond motifs is 1. The zero-order chi connectivity index (χ0) is 22.8. The summed E-state index contributed by atoms with van der Waals surface area (Å²) in [6, 6.07) is 11.4. The van der Waals surface area contributed by atoms with Crippen LogP contribution in [-0.4, -0.2) is 52.4 Å². The van der Waals surface area contributed by atoms with E-state index in [0.717, 1.165) is 68.8 Å². The van der Waals surface area contributed by atoms with Gasteiger partial charge >= 0.3 is 0 Å². The molecule has 2 aliphatic rings. The zero-order valence-corrected chi connectivity index (χ0v) is 19.3. The quantitative estimate of drug-likeness (QED) is 0.635. The van der Waals surface area contributed by atoms with Gasteiger partial charge in [-0.25, -0.2) is 9.37 Å². The van der Waals surface area contributed by atoms with Crippen LogP contribution in [0.15, 0.2) is 42.6 Å². The lowest BCUT2D eigenvalue weighted by Gasteiger charge is -2.34. The molecule has 7 heteroatoms. The fourth-order valence-corrected chi connectivity index (χ4v) is 5.11. The number of nitrogens with zero attached hydrogens (tertiary/aromatic N) is 4. The third kappa shape index (κ3) is 4.47. The average Bonchev–Trinajstić information content (AvgIpc) is 3.23. The summed E-state index contributed by atoms with van der Waals surface area (Å²) in [7, 11) is 0. The van der Waals surface area contributed by atoms with Gasteiger partial charge in [0.05, 0.1) is 11.4 Å². The van der Waals surface area contributed by atoms with E-state index in [4.69, 9.17) is 4.98 Å². The first kappa shape index (κ1) is 21.9. The van der Waals surface area contributed by atoms with Crippen molar-refractivity contribution in [1.29, 1.82) is 0 Å². The number of pyridine rings is 1. The topological polar surface area (TPSA) is 52.9 Å². The summed E-state index contributed by atoms with van der Waals surface area (Å²) in [6.07, 6.45) is 7.17. The van der Waals surface area contributed by atoms with Crippen LogP contribution in [-0.2, 0) is 6.54 Å². The summed E-state index contributed by atoms with van der Waals surface area (Å²) < 4.78 is 16.2. The van der Waals surface area contributed by atoms with E-state index in [-0.39, 0.29) is 11.7 Å². The van der Waals surface area contributed by atoms with Gasteiger partial charge in [0.1, 0.15) is 11.5 Å². The summed E-state index contributed by atoms with van der Waals surface area (Å²) >= 11 is 0. The molecule has 0 spiro atoms. The van der Waals surface area contributed by atoms with Crippen molar-refractivity contribution < 1.29 is 9.18 Å². The smallest absolute Gasteiger partial charge is 0.274 e. The molecule has 6 nitrogen and oxygen atoms in total. The Kier molecular flexibility index (Phi) is 6.31. The van der Waals surface area contributed by atoms with Crippen LogP contribution >= 0.6 is 0 Å². The summed E-state index contributed by atoms with van der Waals surface area (Å²) in [4.78, 5) is 22.2. The number of carbonyl (C=O) groups is 1. The first-order chi connectivity index (χ1) is 16.1. The van der Waals surface area contributed by atoms with Crippen molar-refractivity contribution in [2.24, 2.45) is 0 Å². The molecule has 2 fully saturated rings. The summed E-state index contributed by atoms with van der Waals surface area (Å²) in [6.45, 7) is 5.87. The molecule has 33 heavy (non-hydrogen) atoms. The Bertz CT molecular complexity index is 1130. The lowest BCUT2D eigenvalue weighted by atomic mass is 10.0. The molecule has 174 valence electrons. The van der Waals surface area contributed by atoms with Gasteiger partial charge < -0.3 is 19.5 Å². The highest BCUT2D eigenvalue weighted by Gasteiger charge is 2.27. The van der Waals surface area contributed by atoms with Gasteiger partial charge in [0.15, 0.2) is 5.69 Å². The molecule has 1 aromatic carbocycles. The normalized spacial score (nSPS) is 17.6. The fourth-order valence-electron chi connectivity index (χ4n) is 5.11. The van der Waals surface area contributed by atoms with E-state index in [1.165, 1.54) is 12.5 Å². The van der Waals surface area contributed by atoms with E-state index in [9.17, 15) is 9.18 Å². The van der Waals surface area contributed by atoms with Crippen LogP contribution in [0.5, 0.6) is 0 Å². The molecule has 0 aliphatic carbocycles. The number of carbonyl (C=O) groups excluding carboxylic acids is 1. The van der Waals surface area contributed by atoms with Gasteiger partial charge in [0, 0.05) is 45.0 Å². The number of anilines is 1. The Morgan fingerprint density at radius 2 is 1.82 bits per heavy atom. The molecule has 1 amide bonds. The van der Waals surface area contributed by atoms with Gasteiger partial charge in [-0.2, -0.15) is 0 Å². The number of likely N-dealkylation sites (tertiary alicyclic amines) is 1. The van der Waals surface area contributed by atoms with Crippen LogP contribution < -0.4 is 10.2 Å². The van der Waals surface area contributed by atoms with Crippen molar-refractivity contribution in [3.05, 3.63) is 65.4 Å². The zero-order valence-electron chi connectivity index (χ0n) is 19.3. The van der Waals surface area contributed by atoms with Gasteiger partial charge in [-0.3, -0.25) is 4.79 Å². The summed E-state index contributed by atoms with van der Waals surface area (Å²) in [5, 5.41) is 3.67. The molecule has 2 aliphatic heterocycles. The summed E-state index contributed by atoms with van der Waals surface area (Å²) in [5.41, 5.74) is 4.10. The molecule has 0 bridgehead atoms. The third-order valence-electron chi connectivity index (χ3n) is 7.04. The molecular formula is C26H32FN5O. The van der Waals surface area contributed by atoms with Crippen molar-refractivity contribution in [2.75, 3.05) is 31.1 Å². The van der Waals surface area contributed by atoms with Crippen LogP contribution in [0.4, 0.5) is 10.1 Å². The first-order valence-corrected chi connectivity index (χ1v) is 12.1. The second-order valence-corrected chi connectivity index (χ2v) is 9.24. The van der Waals surface area contributed by atoms with Crippen LogP contribution in [0, 0.1) is 12.7 Å². The second kappa shape index (κ2) is 9.51. The standard InChI is InChI=1S/C26H32FN5O/c1-19-8-7-15-32-23(24(29-25(19)32)26(33)31-13-5-2-6-14-31)18-28-20-11-16-30(17-12-20)22-10-4-3-9-21(22)27/h3-4,7-10,15,20,28H,2,5-6,11-14,16-18H2,1H3. The molecule has 4 heterocycles. The van der Waals surface area contributed by atoms with E-state index >= 15 is 0 Å². The monoisotopic (exact) mass is 449 g/mol. The molecule has 5 rings (SSSR count). The van der Waals surface area contributed by atoms with Gasteiger partial charge in [-0.05, 0) is 62.8 Å². The number of nitrogens with one attached hydrogen (secondary N) is 1. The molecule has 2 saturated heterocycles. The Labute approximate surface area is 194 Å². The highest BCUT2D eigenvalue weighted by molar-refractivity contribution is 5.94. The number of amides is 1. The third-order valence-corrected chi connectivity index (χ3v) is 7.04. The maximum atomic E-state index is 14.2. The van der Waals surface area contributed by atoms with Crippen LogP contribution in [0.1, 0.15) is 53.8 Å². The number of hydrogen-bond donors (Lipinski definition) is 1. The number of aromatic nitrogens is 2. The number of halogens is 1. The van der Waals surface area contributed by atoms with E-state index in [2.05, 4.69) is 14.6 Å². The summed E-state index contributed by atoms with van der Waals surface area (Å²) in [5.74, 6) is -0.116. The molecule has 0 atom stereocenters. The lowest BCUT2D eigenvalue weighted by molar-refractivity contribution is 0.0717. The van der Waals surface area contributed by atoms with Crippen LogP contribution in [0.25, 0.3) is 5.65 Å². The van der Waals surface area contributed by atoms with Gasteiger partial charge in [-0.1, -0.05) is 18.2 Å². The fraction of sp³-hybridized carbons (Fsp3) is 0.462. The number of piperidine rings is 2. The molecule has 2 aromatic heterocycles. The second-order valence-electron chi connectivity index (χ2n) is 9.24. The van der Waals surface area contributed by atoms with Gasteiger partial charge in [0.25, 0.3) is 5.91 Å². The molecule has 0 saturated carbocycles. The maximum absolute atomic E-state index is 14.2. The van der Waals surface area contributed by atoms with E-state index in [1.54, 1.807) is 6.07 Å². The molecule has 3 aromatic rings. The number of benzene rings is 1. The Morgan fingerprint density at radius 1 is 1.06 bits per heavy atom. The minimum atomic E-state index is -0.161. The molecule has 0 unspecified atom stereocenters. The van der Waals surface area contributed by atoms with E-state index in [0.29, 0.717) is 24.0 Å². The van der Waals surface area contributed by atoms with Crippen LogP contribution in [0.2, 0.25) is 0 Å². The van der Waals surface area contributed by atoms with E-state index < -0.39 is 0 Å². The van der Waals surface area contributed by atoms with Crippen molar-refractivity contribution in [2.45, 2.75) is 51.6 Å². The first-order valence-electron chi connectivity index (χ1n) is 12.1. The number of hydrogen-bond acceptors (Lipinski definition) is 4. The molecular weight excluding hydrogens is 417 g/mol. The highest BCUT2D eigenvalue weighted by atomic mass is 19.1. The van der Waals surface area contributed by atoms with Gasteiger partial charge in [-0.15, -0.1) is 0 Å². The Morgan fingerprint density at radius 3 is 2.58 bits per heavy atom. The van der Waals surface area contributed by atoms with E-state index in [1.807, 2.05) is 42.3 Å². The predicted molar refractivity (Wildman–Crippen MR) is 128 cm³/mol. The van der Waals surface area contributed by atoms with Crippen molar-refractivity contribution >= 4 is 17.2 Å². The molecule has 1 N–H and O–H groups in total. The number of para-hydroxylation sites is 1.